The number of rotatable bonds is 5. The van der Waals surface area contributed by atoms with Crippen molar-refractivity contribution in [3.05, 3.63) is 51.5 Å². The molecule has 146 valence electrons. The van der Waals surface area contributed by atoms with Crippen LogP contribution in [0.1, 0.15) is 40.6 Å². The van der Waals surface area contributed by atoms with Crippen molar-refractivity contribution in [2.45, 2.75) is 37.8 Å². The number of hydrogen-bond acceptors (Lipinski definition) is 3. The molecule has 0 saturated carbocycles. The number of aromatic nitrogens is 1. The average Bonchev–Trinajstić information content (AvgIpc) is 3.14. The molecule has 0 fully saturated rings. The van der Waals surface area contributed by atoms with Crippen LogP contribution < -0.4 is 10.6 Å². The SMILES string of the molecule is CN=C(NCCc1nc(C(F)(F)F)cs1)NCC1CCCc2ccccc21. The molecular weight excluding hydrogens is 373 g/mol. The standard InChI is InChI=1S/C19H23F3N4S/c1-23-18(24-10-9-17-26-16(12-27-17)19(20,21)22)25-11-14-7-4-6-13-5-2-3-8-15(13)14/h2-3,5,8,12,14H,4,6-7,9-11H2,1H3,(H2,23,24,25). The first-order valence-corrected chi connectivity index (χ1v) is 9.89. The molecule has 1 unspecified atom stereocenters. The summed E-state index contributed by atoms with van der Waals surface area (Å²) in [7, 11) is 1.69. The summed E-state index contributed by atoms with van der Waals surface area (Å²) < 4.78 is 37.8. The first kappa shape index (κ1) is 19.7. The topological polar surface area (TPSA) is 49.3 Å². The summed E-state index contributed by atoms with van der Waals surface area (Å²) in [5, 5.41) is 8.01. The summed E-state index contributed by atoms with van der Waals surface area (Å²) in [4.78, 5) is 7.84. The number of halogens is 3. The highest BCUT2D eigenvalue weighted by molar-refractivity contribution is 7.09. The highest BCUT2D eigenvalue weighted by atomic mass is 32.1. The van der Waals surface area contributed by atoms with E-state index < -0.39 is 11.9 Å². The lowest BCUT2D eigenvalue weighted by Gasteiger charge is -2.26. The van der Waals surface area contributed by atoms with Gasteiger partial charge in [-0.2, -0.15) is 13.2 Å². The molecule has 8 heteroatoms. The van der Waals surface area contributed by atoms with Gasteiger partial charge in [0.2, 0.25) is 0 Å². The summed E-state index contributed by atoms with van der Waals surface area (Å²) in [6.07, 6.45) is -0.502. The van der Waals surface area contributed by atoms with Gasteiger partial charge < -0.3 is 10.6 Å². The highest BCUT2D eigenvalue weighted by Crippen LogP contribution is 2.31. The van der Waals surface area contributed by atoms with Crippen molar-refractivity contribution in [2.75, 3.05) is 20.1 Å². The van der Waals surface area contributed by atoms with Gasteiger partial charge in [-0.25, -0.2) is 4.98 Å². The molecule has 0 spiro atoms. The van der Waals surface area contributed by atoms with Crippen LogP contribution in [0.4, 0.5) is 13.2 Å². The Morgan fingerprint density at radius 1 is 1.30 bits per heavy atom. The van der Waals surface area contributed by atoms with Gasteiger partial charge in [-0.15, -0.1) is 11.3 Å². The minimum atomic E-state index is -4.38. The Bertz CT molecular complexity index is 785. The number of nitrogens with one attached hydrogen (secondary N) is 2. The van der Waals surface area contributed by atoms with Gasteiger partial charge in [0.1, 0.15) is 0 Å². The third-order valence-corrected chi connectivity index (χ3v) is 5.62. The number of nitrogens with zero attached hydrogens (tertiary/aromatic N) is 2. The first-order chi connectivity index (χ1) is 13.0. The van der Waals surface area contributed by atoms with Crippen LogP contribution in [-0.4, -0.2) is 31.1 Å². The first-order valence-electron chi connectivity index (χ1n) is 9.01. The van der Waals surface area contributed by atoms with Crippen LogP contribution in [0.2, 0.25) is 0 Å². The molecule has 1 aromatic carbocycles. The Balaban J connectivity index is 1.47. The maximum absolute atomic E-state index is 12.6. The second-order valence-corrected chi connectivity index (χ2v) is 7.48. The van der Waals surface area contributed by atoms with Crippen LogP contribution in [0.3, 0.4) is 0 Å². The van der Waals surface area contributed by atoms with E-state index in [4.69, 9.17) is 0 Å². The molecule has 2 N–H and O–H groups in total. The lowest BCUT2D eigenvalue weighted by atomic mass is 9.83. The summed E-state index contributed by atoms with van der Waals surface area (Å²) in [5.41, 5.74) is 2.00. The molecule has 0 radical (unpaired) electrons. The van der Waals surface area contributed by atoms with Gasteiger partial charge in [-0.1, -0.05) is 24.3 Å². The predicted octanol–water partition coefficient (Wildman–Crippen LogP) is 3.99. The molecule has 27 heavy (non-hydrogen) atoms. The van der Waals surface area contributed by atoms with Crippen molar-refractivity contribution < 1.29 is 13.2 Å². The third kappa shape index (κ3) is 5.22. The zero-order valence-corrected chi connectivity index (χ0v) is 16.0. The molecule has 1 aromatic heterocycles. The molecule has 0 saturated heterocycles. The molecule has 1 aliphatic carbocycles. The van der Waals surface area contributed by atoms with Gasteiger partial charge in [-0.3, -0.25) is 4.99 Å². The Morgan fingerprint density at radius 2 is 2.11 bits per heavy atom. The minimum Gasteiger partial charge on any atom is -0.356 e. The third-order valence-electron chi connectivity index (χ3n) is 4.71. The molecule has 3 rings (SSSR count). The van der Waals surface area contributed by atoms with E-state index in [9.17, 15) is 13.2 Å². The molecular formula is C19H23F3N4S. The minimum absolute atomic E-state index is 0.424. The highest BCUT2D eigenvalue weighted by Gasteiger charge is 2.33. The number of guanidine groups is 1. The van der Waals surface area contributed by atoms with Crippen LogP contribution in [-0.2, 0) is 19.0 Å². The van der Waals surface area contributed by atoms with Gasteiger partial charge in [0, 0.05) is 37.9 Å². The normalized spacial score (nSPS) is 17.5. The van der Waals surface area contributed by atoms with Crippen molar-refractivity contribution in [2.24, 2.45) is 4.99 Å². The van der Waals surface area contributed by atoms with E-state index in [1.165, 1.54) is 17.5 Å². The summed E-state index contributed by atoms with van der Waals surface area (Å²) in [6, 6.07) is 8.54. The number of aliphatic imine (C=N–C) groups is 1. The van der Waals surface area contributed by atoms with Gasteiger partial charge in [-0.05, 0) is 30.4 Å². The quantitative estimate of drug-likeness (QED) is 0.594. The summed E-state index contributed by atoms with van der Waals surface area (Å²) in [6.45, 7) is 1.26. The van der Waals surface area contributed by atoms with E-state index in [1.54, 1.807) is 7.05 Å². The van der Waals surface area contributed by atoms with Crippen molar-refractivity contribution >= 4 is 17.3 Å². The average molecular weight is 396 g/mol. The molecule has 2 aromatic rings. The molecule has 4 nitrogen and oxygen atoms in total. The lowest BCUT2D eigenvalue weighted by Crippen LogP contribution is -2.40. The molecule has 0 amide bonds. The number of benzene rings is 1. The van der Waals surface area contributed by atoms with E-state index in [2.05, 4.69) is 44.9 Å². The Kier molecular flexibility index (Phi) is 6.36. The predicted molar refractivity (Wildman–Crippen MR) is 102 cm³/mol. The van der Waals surface area contributed by atoms with Gasteiger partial charge in [0.25, 0.3) is 0 Å². The van der Waals surface area contributed by atoms with E-state index in [0.29, 0.717) is 29.9 Å². The molecule has 0 bridgehead atoms. The zero-order chi connectivity index (χ0) is 19.3. The van der Waals surface area contributed by atoms with E-state index >= 15 is 0 Å². The van der Waals surface area contributed by atoms with Crippen LogP contribution >= 0.6 is 11.3 Å². The molecule has 1 atom stereocenters. The summed E-state index contributed by atoms with van der Waals surface area (Å²) in [5.74, 6) is 1.10. The Morgan fingerprint density at radius 3 is 2.85 bits per heavy atom. The van der Waals surface area contributed by atoms with Crippen LogP contribution in [0.5, 0.6) is 0 Å². The molecule has 1 aliphatic rings. The fourth-order valence-corrected chi connectivity index (χ4v) is 4.16. The monoisotopic (exact) mass is 396 g/mol. The number of aryl methyl sites for hydroxylation is 1. The van der Waals surface area contributed by atoms with E-state index in [0.717, 1.165) is 36.1 Å². The van der Waals surface area contributed by atoms with Crippen molar-refractivity contribution in [3.8, 4) is 0 Å². The van der Waals surface area contributed by atoms with Crippen LogP contribution in [0.25, 0.3) is 0 Å². The van der Waals surface area contributed by atoms with Crippen molar-refractivity contribution in [3.63, 3.8) is 0 Å². The maximum atomic E-state index is 12.6. The van der Waals surface area contributed by atoms with Crippen LogP contribution in [0.15, 0.2) is 34.6 Å². The second-order valence-electron chi connectivity index (χ2n) is 6.54. The van der Waals surface area contributed by atoms with Crippen LogP contribution in [0, 0.1) is 0 Å². The fraction of sp³-hybridized carbons (Fsp3) is 0.474. The van der Waals surface area contributed by atoms with Gasteiger partial charge in [0.05, 0.1) is 5.01 Å². The number of fused-ring (bicyclic) bond motifs is 1. The second kappa shape index (κ2) is 8.73. The summed E-state index contributed by atoms with van der Waals surface area (Å²) >= 11 is 1.03. The largest absolute Gasteiger partial charge is 0.434 e. The van der Waals surface area contributed by atoms with Gasteiger partial charge >= 0.3 is 6.18 Å². The fourth-order valence-electron chi connectivity index (χ4n) is 3.35. The Labute approximate surface area is 160 Å². The lowest BCUT2D eigenvalue weighted by molar-refractivity contribution is -0.140. The number of hydrogen-bond donors (Lipinski definition) is 2. The van der Waals surface area contributed by atoms with E-state index in [-0.39, 0.29) is 0 Å². The smallest absolute Gasteiger partial charge is 0.356 e. The number of thiazole rings is 1. The van der Waals surface area contributed by atoms with Gasteiger partial charge in [0.15, 0.2) is 11.7 Å². The van der Waals surface area contributed by atoms with E-state index in [1.807, 2.05) is 0 Å². The number of alkyl halides is 3. The Hall–Kier alpha value is -2.09. The van der Waals surface area contributed by atoms with Crippen molar-refractivity contribution in [1.82, 2.24) is 15.6 Å². The zero-order valence-electron chi connectivity index (χ0n) is 15.1. The maximum Gasteiger partial charge on any atom is 0.434 e. The van der Waals surface area contributed by atoms with Crippen molar-refractivity contribution in [1.29, 1.82) is 0 Å². The molecule has 0 aliphatic heterocycles. The molecule has 1 heterocycles.